The van der Waals surface area contributed by atoms with Crippen LogP contribution in [0.1, 0.15) is 38.7 Å². The third kappa shape index (κ3) is 3.31. The molecule has 3 saturated heterocycles. The number of ether oxygens (including phenoxy) is 1. The molecule has 6 atom stereocenters. The molecule has 0 saturated carbocycles. The second-order valence-electron chi connectivity index (χ2n) is 9.48. The van der Waals surface area contributed by atoms with Gasteiger partial charge in [0.05, 0.1) is 17.4 Å². The van der Waals surface area contributed by atoms with Gasteiger partial charge in [-0.05, 0) is 37.7 Å². The minimum atomic E-state index is -1.03. The van der Waals surface area contributed by atoms with Gasteiger partial charge in [0.25, 0.3) is 0 Å². The van der Waals surface area contributed by atoms with Crippen LogP contribution in [0.25, 0.3) is 0 Å². The second-order valence-corrected chi connectivity index (χ2v) is 9.48. The lowest BCUT2D eigenvalue weighted by atomic mass is 9.62. The largest absolute Gasteiger partial charge is 0.396 e. The van der Waals surface area contributed by atoms with Gasteiger partial charge in [-0.25, -0.2) is 0 Å². The van der Waals surface area contributed by atoms with E-state index in [1.165, 1.54) is 0 Å². The molecule has 174 valence electrons. The van der Waals surface area contributed by atoms with Crippen LogP contribution in [0.5, 0.6) is 0 Å². The monoisotopic (exact) mass is 443 g/mol. The van der Waals surface area contributed by atoms with Crippen molar-refractivity contribution in [2.24, 2.45) is 17.8 Å². The molecule has 1 aromatic rings. The van der Waals surface area contributed by atoms with Crippen LogP contribution in [-0.2, 0) is 25.7 Å². The van der Waals surface area contributed by atoms with Crippen LogP contribution >= 0.6 is 0 Å². The van der Waals surface area contributed by atoms with Crippen molar-refractivity contribution in [3.8, 4) is 0 Å². The van der Waals surface area contributed by atoms with E-state index in [4.69, 9.17) is 4.74 Å². The number of aliphatic hydroxyl groups is 1. The van der Waals surface area contributed by atoms with Crippen molar-refractivity contribution in [2.45, 2.75) is 56.9 Å². The Morgan fingerprint density at radius 1 is 1.22 bits per heavy atom. The molecule has 3 aliphatic heterocycles. The summed E-state index contributed by atoms with van der Waals surface area (Å²) in [6, 6.07) is 8.80. The number of hydrogen-bond donors (Lipinski definition) is 3. The van der Waals surface area contributed by atoms with Crippen molar-refractivity contribution in [1.82, 2.24) is 15.5 Å². The van der Waals surface area contributed by atoms with Crippen LogP contribution in [-0.4, -0.2) is 65.2 Å². The molecule has 3 heterocycles. The summed E-state index contributed by atoms with van der Waals surface area (Å²) >= 11 is 0. The zero-order valence-electron chi connectivity index (χ0n) is 19.0. The van der Waals surface area contributed by atoms with E-state index >= 15 is 0 Å². The molecular formula is C24H33N3O5. The number of unbranched alkanes of at least 4 members (excludes halogenated alkanes) is 1. The first-order valence-electron chi connectivity index (χ1n) is 11.4. The van der Waals surface area contributed by atoms with Crippen molar-refractivity contribution in [1.29, 1.82) is 0 Å². The zero-order valence-corrected chi connectivity index (χ0v) is 19.0. The molecule has 3 fully saturated rings. The van der Waals surface area contributed by atoms with E-state index in [1.54, 1.807) is 11.9 Å². The molecule has 2 bridgehead atoms. The number of hydrogen-bond acceptors (Lipinski definition) is 5. The van der Waals surface area contributed by atoms with Crippen LogP contribution in [0.4, 0.5) is 0 Å². The highest BCUT2D eigenvalue weighted by Crippen LogP contribution is 2.65. The summed E-state index contributed by atoms with van der Waals surface area (Å²) in [5, 5.41) is 14.9. The Labute approximate surface area is 188 Å². The minimum Gasteiger partial charge on any atom is -0.396 e. The maximum absolute atomic E-state index is 13.7. The molecule has 3 N–H and O–H groups in total. The topological polar surface area (TPSA) is 108 Å². The number of likely N-dealkylation sites (tertiary alicyclic amines) is 1. The van der Waals surface area contributed by atoms with E-state index in [2.05, 4.69) is 10.6 Å². The van der Waals surface area contributed by atoms with E-state index in [0.717, 1.165) is 5.56 Å². The van der Waals surface area contributed by atoms with Gasteiger partial charge in [-0.1, -0.05) is 37.3 Å². The Balaban J connectivity index is 1.68. The first-order valence-corrected chi connectivity index (χ1v) is 11.4. The SMILES string of the molecule is CNC(=O)[C@H]1[C@H]2C(=O)N(CCCCO)C(C(=O)NCc3ccccc3)C23CC(C)[C@]1(C)O3. The maximum atomic E-state index is 13.7. The van der Waals surface area contributed by atoms with Gasteiger partial charge in [-0.2, -0.15) is 0 Å². The molecule has 3 aliphatic rings. The third-order valence-corrected chi connectivity index (χ3v) is 7.71. The van der Waals surface area contributed by atoms with E-state index < -0.39 is 29.1 Å². The summed E-state index contributed by atoms with van der Waals surface area (Å²) < 4.78 is 6.58. The highest BCUT2D eigenvalue weighted by molar-refractivity contribution is 5.99. The average molecular weight is 444 g/mol. The smallest absolute Gasteiger partial charge is 0.246 e. The van der Waals surface area contributed by atoms with Crippen molar-refractivity contribution in [2.75, 3.05) is 20.2 Å². The summed E-state index contributed by atoms with van der Waals surface area (Å²) in [5.41, 5.74) is -0.857. The Morgan fingerprint density at radius 3 is 2.59 bits per heavy atom. The van der Waals surface area contributed by atoms with E-state index in [9.17, 15) is 19.5 Å². The van der Waals surface area contributed by atoms with Crippen molar-refractivity contribution in [3.05, 3.63) is 35.9 Å². The van der Waals surface area contributed by atoms with Crippen LogP contribution in [0.2, 0.25) is 0 Å². The lowest BCUT2D eigenvalue weighted by Crippen LogP contribution is -2.55. The van der Waals surface area contributed by atoms with Gasteiger partial charge in [0.15, 0.2) is 0 Å². The van der Waals surface area contributed by atoms with Crippen LogP contribution in [0.15, 0.2) is 30.3 Å². The number of fused-ring (bicyclic) bond motifs is 1. The molecule has 4 rings (SSSR count). The number of amides is 3. The van der Waals surface area contributed by atoms with Crippen LogP contribution in [0.3, 0.4) is 0 Å². The number of rotatable bonds is 8. The lowest BCUT2D eigenvalue weighted by molar-refractivity contribution is -0.147. The predicted octanol–water partition coefficient (Wildman–Crippen LogP) is 0.832. The summed E-state index contributed by atoms with van der Waals surface area (Å²) in [4.78, 5) is 41.7. The van der Waals surface area contributed by atoms with Gasteiger partial charge in [-0.15, -0.1) is 0 Å². The summed E-state index contributed by atoms with van der Waals surface area (Å²) in [7, 11) is 1.57. The number of nitrogens with zero attached hydrogens (tertiary/aromatic N) is 1. The lowest BCUT2D eigenvalue weighted by Gasteiger charge is -2.36. The molecule has 0 radical (unpaired) electrons. The summed E-state index contributed by atoms with van der Waals surface area (Å²) in [6.07, 6.45) is 1.66. The van der Waals surface area contributed by atoms with Gasteiger partial charge in [-0.3, -0.25) is 14.4 Å². The second kappa shape index (κ2) is 8.48. The van der Waals surface area contributed by atoms with Gasteiger partial charge in [0.2, 0.25) is 17.7 Å². The van der Waals surface area contributed by atoms with E-state index in [0.29, 0.717) is 32.4 Å². The molecule has 1 spiro atoms. The Bertz CT molecular complexity index is 893. The fourth-order valence-corrected chi connectivity index (χ4v) is 6.11. The molecule has 3 unspecified atom stereocenters. The molecule has 0 aliphatic carbocycles. The highest BCUT2D eigenvalue weighted by Gasteiger charge is 2.79. The fourth-order valence-electron chi connectivity index (χ4n) is 6.11. The molecule has 3 amide bonds. The van der Waals surface area contributed by atoms with E-state index in [1.807, 2.05) is 44.2 Å². The van der Waals surface area contributed by atoms with Crippen molar-refractivity contribution >= 4 is 17.7 Å². The molecule has 8 nitrogen and oxygen atoms in total. The highest BCUT2D eigenvalue weighted by atomic mass is 16.5. The Kier molecular flexibility index (Phi) is 6.02. The van der Waals surface area contributed by atoms with E-state index in [-0.39, 0.29) is 30.2 Å². The van der Waals surface area contributed by atoms with Crippen LogP contribution in [0, 0.1) is 17.8 Å². The number of nitrogens with one attached hydrogen (secondary N) is 2. The van der Waals surface area contributed by atoms with Crippen molar-refractivity contribution < 1.29 is 24.2 Å². The standard InChI is InChI=1S/C24H33N3O5/c1-15-13-24-18(17(20(29)25-3)23(15,2)32-24)22(31)27(11-7-8-12-28)19(24)21(30)26-14-16-9-5-4-6-10-16/h4-6,9-10,15,17-19,28H,7-8,11-14H2,1-3H3,(H,25,29)(H,26,30)/t15?,17-,18+,19?,23+,24?/m1/s1. The quantitative estimate of drug-likeness (QED) is 0.516. The predicted molar refractivity (Wildman–Crippen MR) is 117 cm³/mol. The zero-order chi connectivity index (χ0) is 23.1. The van der Waals surface area contributed by atoms with Crippen molar-refractivity contribution in [3.63, 3.8) is 0 Å². The van der Waals surface area contributed by atoms with Gasteiger partial charge >= 0.3 is 0 Å². The minimum absolute atomic E-state index is 0.0218. The third-order valence-electron chi connectivity index (χ3n) is 7.71. The molecule has 1 aromatic carbocycles. The fraction of sp³-hybridized carbons (Fsp3) is 0.625. The van der Waals surface area contributed by atoms with Gasteiger partial charge in [0.1, 0.15) is 11.6 Å². The number of carbonyl (C=O) groups excluding carboxylic acids is 3. The number of carbonyl (C=O) groups is 3. The average Bonchev–Trinajstić information content (AvgIpc) is 3.29. The van der Waals surface area contributed by atoms with Gasteiger partial charge in [0, 0.05) is 26.7 Å². The maximum Gasteiger partial charge on any atom is 0.246 e. The summed E-state index contributed by atoms with van der Waals surface area (Å²) in [6.45, 7) is 4.64. The molecule has 8 heteroatoms. The normalized spacial score (nSPS) is 35.1. The molecule has 0 aromatic heterocycles. The first-order chi connectivity index (χ1) is 15.3. The summed E-state index contributed by atoms with van der Waals surface area (Å²) in [5.74, 6) is -1.99. The Hall–Kier alpha value is -2.45. The molecule has 32 heavy (non-hydrogen) atoms. The number of aliphatic hydroxyl groups excluding tert-OH is 1. The number of benzene rings is 1. The first kappa shape index (κ1) is 22.7. The van der Waals surface area contributed by atoms with Crippen LogP contribution < -0.4 is 10.6 Å². The molecular weight excluding hydrogens is 410 g/mol. The Morgan fingerprint density at radius 2 is 1.94 bits per heavy atom. The van der Waals surface area contributed by atoms with Gasteiger partial charge < -0.3 is 25.4 Å².